The van der Waals surface area contributed by atoms with Gasteiger partial charge in [0.25, 0.3) is 0 Å². The number of sulfonamides is 3. The number of rotatable bonds is 10. The number of carbonyl (C=O) groups excluding carboxylic acids is 8. The van der Waals surface area contributed by atoms with E-state index in [0.717, 1.165) is 56.6 Å². The van der Waals surface area contributed by atoms with Crippen molar-refractivity contribution in [2.75, 3.05) is 27.2 Å². The van der Waals surface area contributed by atoms with Crippen LogP contribution in [-0.4, -0.2) is 116 Å². The van der Waals surface area contributed by atoms with Gasteiger partial charge in [-0.2, -0.15) is 3.71 Å². The molecule has 5 aromatic heterocycles. The van der Waals surface area contributed by atoms with Crippen molar-refractivity contribution in [1.82, 2.24) is 30.9 Å². The Hall–Kier alpha value is -11.0. The summed E-state index contributed by atoms with van der Waals surface area (Å²) in [5.74, 6) is -2.47. The zero-order valence-corrected chi connectivity index (χ0v) is 56.3. The molecule has 30 heteroatoms. The van der Waals surface area contributed by atoms with Gasteiger partial charge in [-0.1, -0.05) is 75.7 Å². The highest BCUT2D eigenvalue weighted by atomic mass is 32.3. The second-order valence-electron chi connectivity index (χ2n) is 25.1. The molecule has 6 heterocycles. The van der Waals surface area contributed by atoms with E-state index in [0.29, 0.717) is 138 Å². The van der Waals surface area contributed by atoms with Crippen LogP contribution in [0.1, 0.15) is 129 Å². The number of anilines is 2. The van der Waals surface area contributed by atoms with E-state index in [1.54, 1.807) is 67.6 Å². The van der Waals surface area contributed by atoms with Crippen molar-refractivity contribution < 1.29 is 86.1 Å². The van der Waals surface area contributed by atoms with Gasteiger partial charge in [-0.25, -0.2) is 30.2 Å². The Labute approximate surface area is 567 Å². The molecule has 4 unspecified atom stereocenters. The third kappa shape index (κ3) is 13.4. The molecule has 1 saturated heterocycles. The average Bonchev–Trinajstić information content (AvgIpc) is 1.53. The number of aryl methyl sites for hydroxylation is 1. The van der Waals surface area contributed by atoms with Crippen molar-refractivity contribution in [2.45, 2.75) is 101 Å². The topological polar surface area (TPSA) is 396 Å². The Morgan fingerprint density at radius 2 is 0.900 bits per heavy atom. The number of oxazole rings is 1. The minimum absolute atomic E-state index is 0.00436. The summed E-state index contributed by atoms with van der Waals surface area (Å²) in [6, 6.07) is 29.8. The van der Waals surface area contributed by atoms with Gasteiger partial charge < -0.3 is 22.5 Å². The van der Waals surface area contributed by atoms with Gasteiger partial charge in [0.1, 0.15) is 63.0 Å². The summed E-state index contributed by atoms with van der Waals surface area (Å²) in [5, 5.41) is 26.5. The minimum Gasteiger partial charge on any atom is -0.441 e. The molecule has 3 aliphatic carbocycles. The Morgan fingerprint density at radius 1 is 0.490 bits per heavy atom. The molecular formula is C70H60N8O19S3. The van der Waals surface area contributed by atoms with Crippen molar-refractivity contribution in [3.63, 3.8) is 0 Å². The average molecular weight is 1410 g/mol. The third-order valence-corrected chi connectivity index (χ3v) is 21.8. The van der Waals surface area contributed by atoms with Gasteiger partial charge in [-0.3, -0.25) is 48.4 Å². The predicted octanol–water partition coefficient (Wildman–Crippen LogP) is 10.7. The van der Waals surface area contributed by atoms with Crippen molar-refractivity contribution in [1.29, 1.82) is 0 Å². The fourth-order valence-corrected chi connectivity index (χ4v) is 17.0. The Bertz CT molecular complexity index is 5830. The third-order valence-electron chi connectivity index (χ3n) is 17.9. The fourth-order valence-electron chi connectivity index (χ4n) is 13.5. The van der Waals surface area contributed by atoms with Gasteiger partial charge >= 0.3 is 0 Å². The molecule has 16 rings (SSSR count). The van der Waals surface area contributed by atoms with Crippen LogP contribution in [0.2, 0.25) is 0 Å². The van der Waals surface area contributed by atoms with Gasteiger partial charge in [-0.05, 0) is 124 Å². The van der Waals surface area contributed by atoms with Crippen molar-refractivity contribution in [3.8, 4) is 0 Å². The maximum atomic E-state index is 12.4. The Kier molecular flexibility index (Phi) is 17.8. The van der Waals surface area contributed by atoms with E-state index in [1.165, 1.54) is 12.1 Å². The molecule has 0 bridgehead atoms. The summed E-state index contributed by atoms with van der Waals surface area (Å²) in [5.41, 5.74) is 7.09. The van der Waals surface area contributed by atoms with Crippen LogP contribution in [-0.2, 0) is 68.4 Å². The summed E-state index contributed by atoms with van der Waals surface area (Å²) in [7, 11) is -11.5. The number of ketones is 6. The lowest BCUT2D eigenvalue weighted by Gasteiger charge is -2.20. The van der Waals surface area contributed by atoms with E-state index < -0.39 is 47.8 Å². The number of nitrogens with one attached hydrogen (secondary N) is 2. The predicted molar refractivity (Wildman–Crippen MR) is 367 cm³/mol. The first-order chi connectivity index (χ1) is 47.6. The highest BCUT2D eigenvalue weighted by Gasteiger charge is 2.37. The van der Waals surface area contributed by atoms with Gasteiger partial charge in [0.15, 0.2) is 33.8 Å². The van der Waals surface area contributed by atoms with Crippen LogP contribution < -0.4 is 13.7 Å². The standard InChI is InChI=1S/C19H18N2O7S2.C19H15NO3.C18H16N2O5S.C14H11N3O4/c1-29(24,25)21(30(2,26)27)12-4-6-14-11(9-12)3-8-17-18(14)19(20-28-17)15-7-5-13(22)10-16(15)23;1-2-11-3-6-14-12(9-11)4-8-17-18(14)19(20-23-17)15-7-5-13(21)10-16(15)22;1-26(23,24)20-11-3-5-13-10(8-11)2-7-16-17(13)18(19-25-16)14-6-4-12(21)9-15(14)22;1-6-15-13-9(20-6)4-3-8-11(13)12(17-21-8)7-2-5-10(18)16-14(7)19/h3-4,6,8-9,15H,5,7,10H2,1-2H3;2-4,6,8-9,15H,1,5,7,10H2;2-3,5,7-8,14,20H,4,6,9H2,1H3;3-4,7H,2,5H2,1H3,(H,16,18,19). The van der Waals surface area contributed by atoms with Crippen LogP contribution in [0.15, 0.2) is 132 Å². The number of benzene rings is 7. The first kappa shape index (κ1) is 67.6. The molecule has 12 aromatic rings. The number of fused-ring (bicyclic) bond motifs is 12. The number of Topliss-reactive ketones (excluding diaryl/α,β-unsaturated/α-hetero) is 6. The maximum absolute atomic E-state index is 12.4. The van der Waals surface area contributed by atoms with Crippen LogP contribution in [0.25, 0.3) is 93.4 Å². The zero-order chi connectivity index (χ0) is 70.9. The van der Waals surface area contributed by atoms with Crippen LogP contribution in [0.4, 0.5) is 11.4 Å². The largest absolute Gasteiger partial charge is 0.441 e. The number of aromatic nitrogens is 5. The lowest BCUT2D eigenvalue weighted by atomic mass is 9.83. The summed E-state index contributed by atoms with van der Waals surface area (Å²) in [6.45, 7) is 5.55. The van der Waals surface area contributed by atoms with E-state index in [-0.39, 0.29) is 83.8 Å². The summed E-state index contributed by atoms with van der Waals surface area (Å²) < 4.78 is 101. The van der Waals surface area contributed by atoms with Crippen LogP contribution >= 0.6 is 0 Å². The van der Waals surface area contributed by atoms with E-state index >= 15 is 0 Å². The number of piperidine rings is 1. The molecule has 7 aromatic carbocycles. The smallest absolute Gasteiger partial charge is 0.245 e. The molecule has 3 saturated carbocycles. The first-order valence-corrected chi connectivity index (χ1v) is 37.1. The minimum atomic E-state index is -4.08. The molecule has 0 spiro atoms. The van der Waals surface area contributed by atoms with E-state index in [2.05, 4.69) is 42.2 Å². The summed E-state index contributed by atoms with van der Waals surface area (Å²) in [6.07, 6.45) is 7.41. The van der Waals surface area contributed by atoms with Crippen LogP contribution in [0.3, 0.4) is 0 Å². The normalized spacial score (nSPS) is 18.7. The molecule has 4 fully saturated rings. The van der Waals surface area contributed by atoms with Gasteiger partial charge in [0.05, 0.1) is 88.9 Å². The second kappa shape index (κ2) is 26.4. The lowest BCUT2D eigenvalue weighted by Crippen LogP contribution is -2.39. The zero-order valence-electron chi connectivity index (χ0n) is 53.9. The summed E-state index contributed by atoms with van der Waals surface area (Å²) in [4.78, 5) is 99.1. The van der Waals surface area contributed by atoms with Crippen LogP contribution in [0, 0.1) is 6.92 Å². The number of hydrogen-bond donors (Lipinski definition) is 2. The Balaban J connectivity index is 0.000000120. The number of amides is 2. The van der Waals surface area contributed by atoms with Crippen molar-refractivity contribution in [3.05, 3.63) is 144 Å². The van der Waals surface area contributed by atoms with Crippen LogP contribution in [0.5, 0.6) is 0 Å². The highest BCUT2D eigenvalue weighted by Crippen LogP contribution is 2.42. The molecule has 4 aliphatic rings. The highest BCUT2D eigenvalue weighted by molar-refractivity contribution is 8.09. The monoisotopic (exact) mass is 1410 g/mol. The van der Waals surface area contributed by atoms with Crippen molar-refractivity contribution in [2.24, 2.45) is 0 Å². The first-order valence-electron chi connectivity index (χ1n) is 31.5. The van der Waals surface area contributed by atoms with E-state index in [9.17, 15) is 63.6 Å². The molecule has 2 N–H and O–H groups in total. The molecule has 4 atom stereocenters. The van der Waals surface area contributed by atoms with E-state index in [1.807, 2.05) is 36.4 Å². The molecule has 512 valence electrons. The van der Waals surface area contributed by atoms with Gasteiger partial charge in [-0.15, -0.1) is 0 Å². The molecule has 1 aliphatic heterocycles. The second-order valence-corrected chi connectivity index (χ2v) is 30.7. The number of carbonyl (C=O) groups is 8. The van der Waals surface area contributed by atoms with Gasteiger partial charge in [0, 0.05) is 38.3 Å². The quantitative estimate of drug-likeness (QED) is 0.0948. The number of imide groups is 1. The molecule has 100 heavy (non-hydrogen) atoms. The maximum Gasteiger partial charge on any atom is 0.245 e. The molecule has 2 amide bonds. The van der Waals surface area contributed by atoms with E-state index in [4.69, 9.17) is 22.5 Å². The lowest BCUT2D eigenvalue weighted by molar-refractivity contribution is -0.135. The summed E-state index contributed by atoms with van der Waals surface area (Å²) >= 11 is 0. The fraction of sp³-hybridized carbons (Fsp3) is 0.271. The van der Waals surface area contributed by atoms with Crippen molar-refractivity contribution >= 4 is 181 Å². The molecule has 27 nitrogen and oxygen atoms in total. The SMILES string of the molecule is C=Cc1ccc2c(ccc3onc(C4CCC(=O)CC4=O)c32)c1.CS(=O)(=O)N(c1ccc2c(ccc3onc(C4CCC(=O)CC4=O)c32)c1)S(C)(=O)=O.CS(=O)(=O)Nc1ccc2c(ccc3onc(C4CCC(=O)CC4=O)c32)c1.Cc1nc2c(ccc3onc(C4CCC(=O)NC4=O)c32)o1. The number of nitrogens with zero attached hydrogens (tertiary/aromatic N) is 6. The van der Waals surface area contributed by atoms with Gasteiger partial charge in [0.2, 0.25) is 41.9 Å². The Morgan fingerprint density at radius 3 is 1.35 bits per heavy atom. The molecule has 0 radical (unpaired) electrons. The molecular weight excluding hydrogens is 1350 g/mol. The number of hydrogen-bond acceptors (Lipinski definition) is 24.